The Morgan fingerprint density at radius 1 is 0.703 bits per heavy atom. The van der Waals surface area contributed by atoms with Gasteiger partial charge in [-0.15, -0.1) is 0 Å². The molecule has 37 heavy (non-hydrogen) atoms. The van der Waals surface area contributed by atoms with Crippen LogP contribution in [0.5, 0.6) is 23.0 Å². The third-order valence-corrected chi connectivity index (χ3v) is 5.19. The van der Waals surface area contributed by atoms with Crippen molar-refractivity contribution in [3.63, 3.8) is 0 Å². The number of nitrogens with zero attached hydrogens (tertiary/aromatic N) is 2. The van der Waals surface area contributed by atoms with Crippen molar-refractivity contribution in [2.45, 2.75) is 20.8 Å². The number of carboxylic acid groups (broad SMARTS) is 1. The van der Waals surface area contributed by atoms with Gasteiger partial charge in [0, 0.05) is 35.1 Å². The number of phenols is 2. The Hall–Kier alpha value is -4.07. The predicted molar refractivity (Wildman–Crippen MR) is 138 cm³/mol. The minimum Gasteiger partial charge on any atom is -0.504 e. The van der Waals surface area contributed by atoms with Gasteiger partial charge in [0.1, 0.15) is 0 Å². The van der Waals surface area contributed by atoms with Crippen LogP contribution in [0.3, 0.4) is 0 Å². The van der Waals surface area contributed by atoms with Crippen molar-refractivity contribution in [3.8, 4) is 56.9 Å². The first-order valence-corrected chi connectivity index (χ1v) is 11.0. The fourth-order valence-corrected chi connectivity index (χ4v) is 3.65. The van der Waals surface area contributed by atoms with Gasteiger partial charge < -0.3 is 24.8 Å². The molecule has 193 valence electrons. The molecule has 3 N–H and O–H groups in total. The molecule has 4 aromatic rings. The van der Waals surface area contributed by atoms with Crippen LogP contribution in [0, 0.1) is 13.8 Å². The van der Waals surface area contributed by atoms with E-state index in [1.807, 2.05) is 62.4 Å². The Labute approximate surface area is 226 Å². The molecule has 4 rings (SSSR count). The molecular weight excluding hydrogens is 515 g/mol. The molecule has 0 atom stereocenters. The number of aromatic hydroxyl groups is 2. The first-order valence-electron chi connectivity index (χ1n) is 11.0. The van der Waals surface area contributed by atoms with Crippen LogP contribution < -0.4 is 9.47 Å². The molecule has 9 heteroatoms. The number of benzene rings is 2. The smallest absolute Gasteiger partial charge is 0.300 e. The van der Waals surface area contributed by atoms with Crippen molar-refractivity contribution < 1.29 is 46.7 Å². The van der Waals surface area contributed by atoms with Crippen molar-refractivity contribution >= 4 is 5.97 Å². The van der Waals surface area contributed by atoms with Gasteiger partial charge in [0.25, 0.3) is 5.97 Å². The van der Waals surface area contributed by atoms with E-state index in [-0.39, 0.29) is 28.6 Å². The topological polar surface area (TPSA) is 122 Å². The van der Waals surface area contributed by atoms with Crippen LogP contribution in [0.4, 0.5) is 0 Å². The zero-order chi connectivity index (χ0) is 26.4. The van der Waals surface area contributed by atoms with E-state index in [9.17, 15) is 10.2 Å². The van der Waals surface area contributed by atoms with E-state index in [1.54, 1.807) is 12.1 Å². The van der Waals surface area contributed by atoms with Gasteiger partial charge in [0.15, 0.2) is 23.0 Å². The summed E-state index contributed by atoms with van der Waals surface area (Å²) in [5.74, 6) is 0.0508. The standard InChI is InChI=1S/C26H24N2O4.C2H4O2.Mn/c1-15-11-17(25(29)23(13-15)31-3)19-7-5-9-21(27-19)22-10-6-8-20(28-22)18-12-16(2)14-24(32-4)26(18)30;1-2(3)4;/h5-14,29-30H,1-4H3;1H3,(H,3,4);. The van der Waals surface area contributed by atoms with Gasteiger partial charge in [-0.3, -0.25) is 4.79 Å². The normalized spacial score (nSPS) is 9.97. The number of aryl methyl sites for hydroxylation is 2. The second-order valence-electron chi connectivity index (χ2n) is 8.06. The van der Waals surface area contributed by atoms with E-state index in [0.717, 1.165) is 18.1 Å². The van der Waals surface area contributed by atoms with Crippen LogP contribution in [-0.2, 0) is 21.9 Å². The summed E-state index contributed by atoms with van der Waals surface area (Å²) < 4.78 is 10.6. The molecule has 2 heterocycles. The number of pyridine rings is 2. The summed E-state index contributed by atoms with van der Waals surface area (Å²) in [6, 6.07) is 18.4. The number of aliphatic carboxylic acids is 1. The molecule has 0 saturated carbocycles. The monoisotopic (exact) mass is 543 g/mol. The van der Waals surface area contributed by atoms with Crippen LogP contribution in [0.2, 0.25) is 0 Å². The number of methoxy groups -OCH3 is 2. The average molecular weight is 543 g/mol. The van der Waals surface area contributed by atoms with Gasteiger partial charge in [0.2, 0.25) is 0 Å². The van der Waals surface area contributed by atoms with Crippen molar-refractivity contribution in [1.29, 1.82) is 0 Å². The summed E-state index contributed by atoms with van der Waals surface area (Å²) in [5.41, 5.74) is 5.56. The van der Waals surface area contributed by atoms with Crippen LogP contribution in [0.15, 0.2) is 60.7 Å². The van der Waals surface area contributed by atoms with E-state index in [1.165, 1.54) is 14.2 Å². The predicted octanol–water partition coefficient (Wildman–Crippen LogP) is 5.61. The summed E-state index contributed by atoms with van der Waals surface area (Å²) in [4.78, 5) is 18.5. The van der Waals surface area contributed by atoms with Gasteiger partial charge in [-0.1, -0.05) is 12.1 Å². The van der Waals surface area contributed by atoms with Crippen LogP contribution >= 0.6 is 0 Å². The number of aromatic nitrogens is 2. The number of rotatable bonds is 5. The van der Waals surface area contributed by atoms with E-state index < -0.39 is 5.97 Å². The van der Waals surface area contributed by atoms with E-state index in [4.69, 9.17) is 29.3 Å². The van der Waals surface area contributed by atoms with E-state index >= 15 is 0 Å². The van der Waals surface area contributed by atoms with E-state index in [2.05, 4.69) is 0 Å². The molecule has 2 aromatic carbocycles. The quantitative estimate of drug-likeness (QED) is 0.278. The van der Waals surface area contributed by atoms with Crippen molar-refractivity contribution in [3.05, 3.63) is 71.8 Å². The van der Waals surface area contributed by atoms with Crippen LogP contribution in [0.25, 0.3) is 33.9 Å². The zero-order valence-electron chi connectivity index (χ0n) is 21.1. The SMILES string of the molecule is CC(=O)O.COc1cc(C)cc(-c2cccc(-c3cccc(-c4cc(C)cc(OC)c4O)n3)n2)c1O.[Mn]. The number of hydrogen-bond acceptors (Lipinski definition) is 7. The fourth-order valence-electron chi connectivity index (χ4n) is 3.65. The summed E-state index contributed by atoms with van der Waals surface area (Å²) in [5, 5.41) is 28.6. The first-order chi connectivity index (χ1) is 17.1. The molecule has 1 radical (unpaired) electrons. The number of phenolic OH excluding ortho intramolecular Hbond substituents is 2. The third kappa shape index (κ3) is 7.00. The van der Waals surface area contributed by atoms with Gasteiger partial charge in [-0.25, -0.2) is 9.97 Å². The molecule has 0 unspecified atom stereocenters. The number of hydrogen-bond donors (Lipinski definition) is 3. The van der Waals surface area contributed by atoms with Gasteiger partial charge in [0.05, 0.1) is 37.0 Å². The first kappa shape index (κ1) is 29.2. The Morgan fingerprint density at radius 2 is 1.03 bits per heavy atom. The fraction of sp³-hybridized carbons (Fsp3) is 0.179. The maximum atomic E-state index is 10.6. The Bertz CT molecular complexity index is 1300. The maximum absolute atomic E-state index is 10.6. The summed E-state index contributed by atoms with van der Waals surface area (Å²) in [7, 11) is 3.04. The molecule has 0 spiro atoms. The minimum atomic E-state index is -0.833. The van der Waals surface area contributed by atoms with Gasteiger partial charge >= 0.3 is 0 Å². The van der Waals surface area contributed by atoms with Crippen molar-refractivity contribution in [1.82, 2.24) is 9.97 Å². The molecule has 8 nitrogen and oxygen atoms in total. The number of carboxylic acids is 1. The molecule has 0 bridgehead atoms. The molecule has 0 aliphatic carbocycles. The molecule has 0 aliphatic rings. The van der Waals surface area contributed by atoms with Crippen LogP contribution in [-0.4, -0.2) is 45.5 Å². The largest absolute Gasteiger partial charge is 0.504 e. The second kappa shape index (κ2) is 12.8. The van der Waals surface area contributed by atoms with Crippen LogP contribution in [0.1, 0.15) is 18.1 Å². The van der Waals surface area contributed by atoms with Gasteiger partial charge in [-0.2, -0.15) is 0 Å². The zero-order valence-corrected chi connectivity index (χ0v) is 22.3. The second-order valence-corrected chi connectivity index (χ2v) is 8.06. The van der Waals surface area contributed by atoms with Crippen molar-refractivity contribution in [2.75, 3.05) is 14.2 Å². The molecule has 0 saturated heterocycles. The summed E-state index contributed by atoms with van der Waals surface area (Å²) >= 11 is 0. The van der Waals surface area contributed by atoms with Gasteiger partial charge in [-0.05, 0) is 73.5 Å². The molecule has 2 aromatic heterocycles. The number of ether oxygens (including phenoxy) is 2. The Kier molecular flexibility index (Phi) is 10.1. The number of carbonyl (C=O) groups is 1. The molecular formula is C28H28MnN2O6. The molecule has 0 aliphatic heterocycles. The van der Waals surface area contributed by atoms with E-state index in [0.29, 0.717) is 45.4 Å². The maximum Gasteiger partial charge on any atom is 0.300 e. The average Bonchev–Trinajstić information content (AvgIpc) is 2.86. The summed E-state index contributed by atoms with van der Waals surface area (Å²) in [6.45, 7) is 4.95. The Morgan fingerprint density at radius 3 is 1.35 bits per heavy atom. The van der Waals surface area contributed by atoms with Crippen molar-refractivity contribution in [2.24, 2.45) is 0 Å². The Balaban J connectivity index is 0.000000898. The minimum absolute atomic E-state index is 0. The molecule has 0 amide bonds. The summed E-state index contributed by atoms with van der Waals surface area (Å²) in [6.07, 6.45) is 0. The third-order valence-electron chi connectivity index (χ3n) is 5.19. The molecule has 0 fully saturated rings.